The van der Waals surface area contributed by atoms with Crippen LogP contribution in [0, 0.1) is 5.92 Å². The molecule has 1 rings (SSSR count). The molecule has 12 heavy (non-hydrogen) atoms. The first-order valence-corrected chi connectivity index (χ1v) is 4.57. The zero-order valence-corrected chi connectivity index (χ0v) is 8.81. The van der Waals surface area contributed by atoms with Crippen molar-refractivity contribution >= 4 is 0 Å². The van der Waals surface area contributed by atoms with Gasteiger partial charge in [-0.1, -0.05) is 18.6 Å². The van der Waals surface area contributed by atoms with Crippen LogP contribution in [0.5, 0.6) is 0 Å². The lowest BCUT2D eigenvalue weighted by molar-refractivity contribution is 0.419. The van der Waals surface area contributed by atoms with E-state index in [-0.39, 0.29) is 0 Å². The number of allylic oxidation sites excluding steroid dienone is 4. The van der Waals surface area contributed by atoms with E-state index in [1.165, 1.54) is 23.3 Å². The zero-order chi connectivity index (χ0) is 9.30. The first kappa shape index (κ1) is 9.37. The third-order valence-electron chi connectivity index (χ3n) is 2.44. The minimum atomic E-state index is 0.685. The Morgan fingerprint density at radius 2 is 1.92 bits per heavy atom. The molecule has 0 bridgehead atoms. The van der Waals surface area contributed by atoms with Crippen LogP contribution < -0.4 is 0 Å². The summed E-state index contributed by atoms with van der Waals surface area (Å²) in [5, 5.41) is 0. The lowest BCUT2D eigenvalue weighted by Gasteiger charge is -2.29. The Hall–Kier alpha value is -0.720. The molecule has 0 aliphatic heterocycles. The van der Waals surface area contributed by atoms with Gasteiger partial charge in [-0.2, -0.15) is 0 Å². The van der Waals surface area contributed by atoms with Crippen LogP contribution in [-0.4, -0.2) is 19.0 Å². The summed E-state index contributed by atoms with van der Waals surface area (Å²) >= 11 is 0. The molecule has 0 saturated heterocycles. The van der Waals surface area contributed by atoms with Gasteiger partial charge in [0.2, 0.25) is 0 Å². The topological polar surface area (TPSA) is 3.24 Å². The van der Waals surface area contributed by atoms with E-state index < -0.39 is 0 Å². The first-order valence-electron chi connectivity index (χ1n) is 4.57. The Labute approximate surface area is 75.8 Å². The van der Waals surface area contributed by atoms with Crippen molar-refractivity contribution in [1.29, 1.82) is 0 Å². The van der Waals surface area contributed by atoms with Crippen molar-refractivity contribution in [3.8, 4) is 0 Å². The van der Waals surface area contributed by atoms with Crippen LogP contribution >= 0.6 is 0 Å². The molecular weight excluding hydrogens is 146 g/mol. The van der Waals surface area contributed by atoms with E-state index in [0.717, 1.165) is 0 Å². The smallest absolute Gasteiger partial charge is 0.0189 e. The fourth-order valence-corrected chi connectivity index (χ4v) is 2.26. The molecule has 0 heterocycles. The molecule has 1 aliphatic carbocycles. The van der Waals surface area contributed by atoms with Crippen LogP contribution in [0.25, 0.3) is 0 Å². The highest BCUT2D eigenvalue weighted by Crippen LogP contribution is 2.29. The maximum absolute atomic E-state index is 2.30. The number of nitrogens with zero attached hydrogens (tertiary/aromatic N) is 1. The summed E-state index contributed by atoms with van der Waals surface area (Å²) in [6, 6.07) is 0. The lowest BCUT2D eigenvalue weighted by Crippen LogP contribution is -2.21. The van der Waals surface area contributed by atoms with Crippen LogP contribution in [0.4, 0.5) is 0 Å². The predicted molar refractivity (Wildman–Crippen MR) is 53.9 cm³/mol. The standard InChI is InChI=1S/C11H19N/c1-8-6-9(2)11(12(4)5)10(3)7-8/h6,10H,7H2,1-5H3. The molecule has 0 fully saturated rings. The molecule has 1 nitrogen and oxygen atoms in total. The molecule has 1 heteroatoms. The summed E-state index contributed by atoms with van der Waals surface area (Å²) < 4.78 is 0. The Bertz CT molecular complexity index is 233. The second-order valence-electron chi connectivity index (χ2n) is 4.06. The second kappa shape index (κ2) is 3.34. The molecule has 68 valence electrons. The molecular formula is C11H19N. The molecule has 1 unspecified atom stereocenters. The SMILES string of the molecule is CC1=CC(C)=C(N(C)C)C(C)C1. The quantitative estimate of drug-likeness (QED) is 0.577. The van der Waals surface area contributed by atoms with Gasteiger partial charge in [0.15, 0.2) is 0 Å². The summed E-state index contributed by atoms with van der Waals surface area (Å²) in [6.07, 6.45) is 3.51. The predicted octanol–water partition coefficient (Wildman–Crippen LogP) is 2.81. The highest BCUT2D eigenvalue weighted by molar-refractivity contribution is 5.32. The van der Waals surface area contributed by atoms with Crippen molar-refractivity contribution < 1.29 is 0 Å². The minimum Gasteiger partial charge on any atom is -0.381 e. The van der Waals surface area contributed by atoms with Crippen molar-refractivity contribution in [3.63, 3.8) is 0 Å². The van der Waals surface area contributed by atoms with Gasteiger partial charge >= 0.3 is 0 Å². The van der Waals surface area contributed by atoms with Crippen molar-refractivity contribution in [3.05, 3.63) is 22.9 Å². The highest BCUT2D eigenvalue weighted by Gasteiger charge is 2.17. The maximum atomic E-state index is 2.30. The molecule has 0 aromatic heterocycles. The molecule has 0 aromatic rings. The average Bonchev–Trinajstić information content (AvgIpc) is 1.82. The van der Waals surface area contributed by atoms with Crippen LogP contribution in [0.3, 0.4) is 0 Å². The maximum Gasteiger partial charge on any atom is 0.0189 e. The van der Waals surface area contributed by atoms with Crippen molar-refractivity contribution in [2.45, 2.75) is 27.2 Å². The Kier molecular flexibility index (Phi) is 2.61. The molecule has 0 radical (unpaired) electrons. The summed E-state index contributed by atoms with van der Waals surface area (Å²) in [6.45, 7) is 6.72. The van der Waals surface area contributed by atoms with Gasteiger partial charge in [-0.3, -0.25) is 0 Å². The van der Waals surface area contributed by atoms with E-state index in [9.17, 15) is 0 Å². The fourth-order valence-electron chi connectivity index (χ4n) is 2.26. The van der Waals surface area contributed by atoms with Gasteiger partial charge in [0.05, 0.1) is 0 Å². The Morgan fingerprint density at radius 1 is 1.33 bits per heavy atom. The number of rotatable bonds is 1. The van der Waals surface area contributed by atoms with Gasteiger partial charge in [0.1, 0.15) is 0 Å². The lowest BCUT2D eigenvalue weighted by atomic mass is 9.89. The molecule has 0 N–H and O–H groups in total. The molecule has 0 spiro atoms. The average molecular weight is 165 g/mol. The second-order valence-corrected chi connectivity index (χ2v) is 4.06. The molecule has 0 aromatic carbocycles. The van der Waals surface area contributed by atoms with Crippen LogP contribution in [-0.2, 0) is 0 Å². The van der Waals surface area contributed by atoms with E-state index in [0.29, 0.717) is 5.92 Å². The molecule has 0 amide bonds. The molecule has 0 saturated carbocycles. The normalized spacial score (nSPS) is 24.1. The largest absolute Gasteiger partial charge is 0.381 e. The van der Waals surface area contributed by atoms with Gasteiger partial charge in [-0.05, 0) is 31.8 Å². The fraction of sp³-hybridized carbons (Fsp3) is 0.636. The van der Waals surface area contributed by atoms with Crippen molar-refractivity contribution in [2.75, 3.05) is 14.1 Å². The highest BCUT2D eigenvalue weighted by atomic mass is 15.1. The molecule has 1 aliphatic rings. The first-order chi connectivity index (χ1) is 5.52. The minimum absolute atomic E-state index is 0.685. The van der Waals surface area contributed by atoms with E-state index in [2.05, 4.69) is 45.8 Å². The molecule has 1 atom stereocenters. The Morgan fingerprint density at radius 3 is 2.33 bits per heavy atom. The number of hydrogen-bond acceptors (Lipinski definition) is 1. The van der Waals surface area contributed by atoms with Gasteiger partial charge < -0.3 is 4.90 Å². The van der Waals surface area contributed by atoms with Gasteiger partial charge in [0.25, 0.3) is 0 Å². The zero-order valence-electron chi connectivity index (χ0n) is 8.81. The van der Waals surface area contributed by atoms with Crippen LogP contribution in [0.1, 0.15) is 27.2 Å². The summed E-state index contributed by atoms with van der Waals surface area (Å²) in [7, 11) is 4.26. The van der Waals surface area contributed by atoms with E-state index >= 15 is 0 Å². The van der Waals surface area contributed by atoms with Crippen molar-refractivity contribution in [1.82, 2.24) is 4.90 Å². The van der Waals surface area contributed by atoms with Crippen LogP contribution in [0.15, 0.2) is 22.9 Å². The van der Waals surface area contributed by atoms with Gasteiger partial charge in [-0.25, -0.2) is 0 Å². The summed E-state index contributed by atoms with van der Waals surface area (Å²) in [5.74, 6) is 0.685. The van der Waals surface area contributed by atoms with Crippen LogP contribution in [0.2, 0.25) is 0 Å². The summed E-state index contributed by atoms with van der Waals surface area (Å²) in [4.78, 5) is 2.24. The van der Waals surface area contributed by atoms with Gasteiger partial charge in [0, 0.05) is 19.8 Å². The van der Waals surface area contributed by atoms with E-state index in [1.54, 1.807) is 0 Å². The van der Waals surface area contributed by atoms with Crippen molar-refractivity contribution in [2.24, 2.45) is 5.92 Å². The van der Waals surface area contributed by atoms with E-state index in [4.69, 9.17) is 0 Å². The Balaban J connectivity index is 2.99. The monoisotopic (exact) mass is 165 g/mol. The summed E-state index contributed by atoms with van der Waals surface area (Å²) in [5.41, 5.74) is 4.42. The van der Waals surface area contributed by atoms with Gasteiger partial charge in [-0.15, -0.1) is 0 Å². The van der Waals surface area contributed by atoms with E-state index in [1.807, 2.05) is 0 Å². The third-order valence-corrected chi connectivity index (χ3v) is 2.44. The number of hydrogen-bond donors (Lipinski definition) is 0. The third kappa shape index (κ3) is 1.71.